The molecule has 2 rings (SSSR count). The third-order valence-electron chi connectivity index (χ3n) is 2.93. The van der Waals surface area contributed by atoms with Crippen LogP contribution < -0.4 is 4.74 Å². The van der Waals surface area contributed by atoms with Gasteiger partial charge in [-0.1, -0.05) is 24.3 Å². The topological polar surface area (TPSA) is 29.5 Å². The second-order valence-electron chi connectivity index (χ2n) is 4.04. The van der Waals surface area contributed by atoms with E-state index in [0.29, 0.717) is 5.56 Å². The summed E-state index contributed by atoms with van der Waals surface area (Å²) < 4.78 is 18.5. The molecule has 0 spiro atoms. The summed E-state index contributed by atoms with van der Waals surface area (Å²) >= 11 is 1.55. The van der Waals surface area contributed by atoms with Gasteiger partial charge in [0.25, 0.3) is 0 Å². The zero-order valence-electron chi connectivity index (χ0n) is 10.8. The van der Waals surface area contributed by atoms with Gasteiger partial charge in [-0.15, -0.1) is 11.8 Å². The van der Waals surface area contributed by atoms with Gasteiger partial charge in [-0.05, 0) is 35.6 Å². The molecule has 1 N–H and O–H groups in total. The molecule has 0 aliphatic rings. The molecule has 0 amide bonds. The molecule has 1 atom stereocenters. The number of rotatable bonds is 4. The van der Waals surface area contributed by atoms with Gasteiger partial charge in [-0.25, -0.2) is 4.39 Å². The summed E-state index contributed by atoms with van der Waals surface area (Å²) in [6.07, 6.45) is 1.10. The second-order valence-corrected chi connectivity index (χ2v) is 4.89. The van der Waals surface area contributed by atoms with Crippen molar-refractivity contribution in [1.82, 2.24) is 0 Å². The Labute approximate surface area is 116 Å². The Bertz CT molecular complexity index is 572. The maximum Gasteiger partial charge on any atom is 0.165 e. The van der Waals surface area contributed by atoms with E-state index < -0.39 is 11.9 Å². The van der Waals surface area contributed by atoms with Gasteiger partial charge < -0.3 is 9.84 Å². The summed E-state index contributed by atoms with van der Waals surface area (Å²) in [5.74, 6) is -0.296. The standard InChI is InChI=1S/C15H15FO2S/c1-18-13-8-7-10(9-12(13)16)15(17)11-5-3-4-6-14(11)19-2/h3-9,15,17H,1-2H3. The first-order valence-electron chi connectivity index (χ1n) is 5.81. The number of thioether (sulfide) groups is 1. The van der Waals surface area contributed by atoms with Gasteiger partial charge in [0.1, 0.15) is 6.10 Å². The van der Waals surface area contributed by atoms with Crippen molar-refractivity contribution >= 4 is 11.8 Å². The molecule has 4 heteroatoms. The first-order chi connectivity index (χ1) is 9.17. The smallest absolute Gasteiger partial charge is 0.165 e. The third kappa shape index (κ3) is 2.91. The van der Waals surface area contributed by atoms with Crippen molar-refractivity contribution in [2.24, 2.45) is 0 Å². The first-order valence-corrected chi connectivity index (χ1v) is 7.04. The molecule has 2 aromatic carbocycles. The van der Waals surface area contributed by atoms with Crippen LogP contribution in [0.3, 0.4) is 0 Å². The molecule has 2 aromatic rings. The summed E-state index contributed by atoms with van der Waals surface area (Å²) in [5.41, 5.74) is 1.29. The lowest BCUT2D eigenvalue weighted by atomic mass is 10.0. The zero-order chi connectivity index (χ0) is 13.8. The van der Waals surface area contributed by atoms with E-state index in [2.05, 4.69) is 0 Å². The molecule has 2 nitrogen and oxygen atoms in total. The van der Waals surface area contributed by atoms with Crippen LogP contribution in [0.25, 0.3) is 0 Å². The number of hydrogen-bond acceptors (Lipinski definition) is 3. The number of aliphatic hydroxyl groups is 1. The fraction of sp³-hybridized carbons (Fsp3) is 0.200. The molecule has 0 saturated carbocycles. The van der Waals surface area contributed by atoms with E-state index in [9.17, 15) is 9.50 Å². The van der Waals surface area contributed by atoms with Gasteiger partial charge in [0, 0.05) is 4.90 Å². The lowest BCUT2D eigenvalue weighted by Gasteiger charge is -2.15. The number of halogens is 1. The molecule has 19 heavy (non-hydrogen) atoms. The average molecular weight is 278 g/mol. The van der Waals surface area contributed by atoms with Crippen LogP contribution in [0, 0.1) is 5.82 Å². The quantitative estimate of drug-likeness (QED) is 0.866. The lowest BCUT2D eigenvalue weighted by molar-refractivity contribution is 0.216. The van der Waals surface area contributed by atoms with Crippen LogP contribution in [-0.4, -0.2) is 18.5 Å². The van der Waals surface area contributed by atoms with E-state index in [4.69, 9.17) is 4.74 Å². The van der Waals surface area contributed by atoms with Crippen LogP contribution in [0.15, 0.2) is 47.4 Å². The average Bonchev–Trinajstić information content (AvgIpc) is 2.46. The van der Waals surface area contributed by atoms with Gasteiger partial charge in [0.05, 0.1) is 7.11 Å². The highest BCUT2D eigenvalue weighted by molar-refractivity contribution is 7.98. The molecular formula is C15H15FO2S. The number of ether oxygens (including phenoxy) is 1. The molecule has 0 aliphatic carbocycles. The molecule has 0 aliphatic heterocycles. The normalized spacial score (nSPS) is 12.2. The van der Waals surface area contributed by atoms with E-state index in [1.165, 1.54) is 19.2 Å². The maximum absolute atomic E-state index is 13.7. The lowest BCUT2D eigenvalue weighted by Crippen LogP contribution is -2.02. The fourth-order valence-electron chi connectivity index (χ4n) is 1.92. The first kappa shape index (κ1) is 13.9. The predicted molar refractivity (Wildman–Crippen MR) is 75.2 cm³/mol. The Morgan fingerprint density at radius 2 is 1.95 bits per heavy atom. The highest BCUT2D eigenvalue weighted by Crippen LogP contribution is 2.31. The molecule has 0 aromatic heterocycles. The largest absolute Gasteiger partial charge is 0.494 e. The van der Waals surface area contributed by atoms with Crippen LogP contribution in [0.1, 0.15) is 17.2 Å². The number of aliphatic hydroxyl groups excluding tert-OH is 1. The Balaban J connectivity index is 2.38. The Kier molecular flexibility index (Phi) is 4.45. The highest BCUT2D eigenvalue weighted by Gasteiger charge is 2.15. The molecule has 100 valence electrons. The van der Waals surface area contributed by atoms with Gasteiger partial charge >= 0.3 is 0 Å². The number of hydrogen-bond donors (Lipinski definition) is 1. The van der Waals surface area contributed by atoms with Crippen LogP contribution in [-0.2, 0) is 0 Å². The zero-order valence-corrected chi connectivity index (χ0v) is 11.6. The molecule has 0 saturated heterocycles. The van der Waals surface area contributed by atoms with E-state index in [-0.39, 0.29) is 5.75 Å². The molecular weight excluding hydrogens is 263 g/mol. The molecule has 0 bridgehead atoms. The van der Waals surface area contributed by atoms with Gasteiger partial charge in [-0.2, -0.15) is 0 Å². The van der Waals surface area contributed by atoms with Crippen molar-refractivity contribution in [1.29, 1.82) is 0 Å². The third-order valence-corrected chi connectivity index (χ3v) is 3.74. The second kappa shape index (κ2) is 6.08. The van der Waals surface area contributed by atoms with Crippen LogP contribution >= 0.6 is 11.8 Å². The predicted octanol–water partition coefficient (Wildman–Crippen LogP) is 3.64. The molecule has 0 heterocycles. The van der Waals surface area contributed by atoms with Crippen molar-refractivity contribution < 1.29 is 14.2 Å². The molecule has 0 fully saturated rings. The van der Waals surface area contributed by atoms with Gasteiger partial charge in [-0.3, -0.25) is 0 Å². The van der Waals surface area contributed by atoms with E-state index in [1.54, 1.807) is 17.8 Å². The van der Waals surface area contributed by atoms with E-state index in [1.807, 2.05) is 30.5 Å². The number of methoxy groups -OCH3 is 1. The van der Waals surface area contributed by atoms with Crippen LogP contribution in [0.5, 0.6) is 5.75 Å². The Morgan fingerprint density at radius 3 is 2.58 bits per heavy atom. The van der Waals surface area contributed by atoms with E-state index >= 15 is 0 Å². The SMILES string of the molecule is COc1ccc(C(O)c2ccccc2SC)cc1F. The monoisotopic (exact) mass is 278 g/mol. The van der Waals surface area contributed by atoms with Crippen molar-refractivity contribution in [2.45, 2.75) is 11.0 Å². The summed E-state index contributed by atoms with van der Waals surface area (Å²) in [5, 5.41) is 10.4. The summed E-state index contributed by atoms with van der Waals surface area (Å²) in [6, 6.07) is 12.1. The van der Waals surface area contributed by atoms with Gasteiger partial charge in [0.2, 0.25) is 0 Å². The minimum atomic E-state index is -0.843. The van der Waals surface area contributed by atoms with E-state index in [0.717, 1.165) is 10.5 Å². The molecule has 0 radical (unpaired) electrons. The van der Waals surface area contributed by atoms with Crippen LogP contribution in [0.4, 0.5) is 4.39 Å². The summed E-state index contributed by atoms with van der Waals surface area (Å²) in [4.78, 5) is 0.978. The Hall–Kier alpha value is -1.52. The Morgan fingerprint density at radius 1 is 1.21 bits per heavy atom. The van der Waals surface area contributed by atoms with Crippen molar-refractivity contribution in [3.05, 3.63) is 59.4 Å². The summed E-state index contributed by atoms with van der Waals surface area (Å²) in [7, 11) is 1.41. The summed E-state index contributed by atoms with van der Waals surface area (Å²) in [6.45, 7) is 0. The maximum atomic E-state index is 13.7. The van der Waals surface area contributed by atoms with Crippen molar-refractivity contribution in [3.63, 3.8) is 0 Å². The van der Waals surface area contributed by atoms with Crippen molar-refractivity contribution in [3.8, 4) is 5.75 Å². The highest BCUT2D eigenvalue weighted by atomic mass is 32.2. The molecule has 1 unspecified atom stereocenters. The minimum absolute atomic E-state index is 0.175. The van der Waals surface area contributed by atoms with Crippen LogP contribution in [0.2, 0.25) is 0 Å². The van der Waals surface area contributed by atoms with Crippen molar-refractivity contribution in [2.75, 3.05) is 13.4 Å². The minimum Gasteiger partial charge on any atom is -0.494 e. The van der Waals surface area contributed by atoms with Gasteiger partial charge in [0.15, 0.2) is 11.6 Å². The fourth-order valence-corrected chi connectivity index (χ4v) is 2.55. The number of benzene rings is 2.